The van der Waals surface area contributed by atoms with Gasteiger partial charge in [0.2, 0.25) is 0 Å². The Hall–Kier alpha value is -1.99. The highest BCUT2D eigenvalue weighted by Crippen LogP contribution is 2.40. The molecular formula is C19H23F2N3O2. The fraction of sp³-hybridized carbons (Fsp3) is 0.526. The van der Waals surface area contributed by atoms with E-state index in [0.29, 0.717) is 25.1 Å². The number of hydrogen-bond acceptors (Lipinski definition) is 4. The molecule has 26 heavy (non-hydrogen) atoms. The smallest absolute Gasteiger partial charge is 0.192 e. The number of nitrogens with zero attached hydrogens (tertiary/aromatic N) is 2. The summed E-state index contributed by atoms with van der Waals surface area (Å²) < 4.78 is 37.4. The van der Waals surface area contributed by atoms with E-state index in [9.17, 15) is 9.18 Å². The van der Waals surface area contributed by atoms with E-state index < -0.39 is 11.6 Å². The average Bonchev–Trinajstić information content (AvgIpc) is 3.39. The monoisotopic (exact) mass is 363 g/mol. The van der Waals surface area contributed by atoms with Crippen LogP contribution in [0.3, 0.4) is 0 Å². The Morgan fingerprint density at radius 3 is 2.62 bits per heavy atom. The molecule has 0 radical (unpaired) electrons. The SMILES string of the molecule is CCc1cn(C2CC2)c2c(F)c(N3C[C@@H](N)[C@@H](OC)C3)c(F)cc2c1=O. The summed E-state index contributed by atoms with van der Waals surface area (Å²) in [5.74, 6) is -1.41. The Morgan fingerprint density at radius 1 is 1.31 bits per heavy atom. The van der Waals surface area contributed by atoms with Gasteiger partial charge < -0.3 is 19.9 Å². The Kier molecular flexibility index (Phi) is 4.23. The minimum atomic E-state index is -0.730. The molecule has 1 saturated heterocycles. The van der Waals surface area contributed by atoms with Crippen LogP contribution in [0.4, 0.5) is 14.5 Å². The first-order valence-electron chi connectivity index (χ1n) is 9.05. The van der Waals surface area contributed by atoms with Crippen LogP contribution in [0.15, 0.2) is 17.1 Å². The number of hydrogen-bond donors (Lipinski definition) is 1. The lowest BCUT2D eigenvalue weighted by atomic mass is 10.1. The van der Waals surface area contributed by atoms with Crippen LogP contribution in [0.5, 0.6) is 0 Å². The summed E-state index contributed by atoms with van der Waals surface area (Å²) in [7, 11) is 1.54. The molecule has 1 aliphatic heterocycles. The van der Waals surface area contributed by atoms with Gasteiger partial charge in [0.05, 0.1) is 23.0 Å². The van der Waals surface area contributed by atoms with Gasteiger partial charge in [0.1, 0.15) is 11.5 Å². The molecule has 2 atom stereocenters. The second kappa shape index (κ2) is 6.32. The van der Waals surface area contributed by atoms with Crippen molar-refractivity contribution < 1.29 is 13.5 Å². The van der Waals surface area contributed by atoms with Crippen LogP contribution < -0.4 is 16.1 Å². The fourth-order valence-electron chi connectivity index (χ4n) is 3.90. The molecule has 2 aromatic rings. The van der Waals surface area contributed by atoms with E-state index in [4.69, 9.17) is 10.5 Å². The highest BCUT2D eigenvalue weighted by Gasteiger charge is 2.35. The minimum absolute atomic E-state index is 0.113. The third kappa shape index (κ3) is 2.61. The molecule has 1 aromatic heterocycles. The van der Waals surface area contributed by atoms with Crippen molar-refractivity contribution in [2.45, 2.75) is 44.4 Å². The van der Waals surface area contributed by atoms with Crippen LogP contribution in [0.2, 0.25) is 0 Å². The van der Waals surface area contributed by atoms with Crippen molar-refractivity contribution >= 4 is 16.6 Å². The highest BCUT2D eigenvalue weighted by atomic mass is 19.1. The second-order valence-electron chi connectivity index (χ2n) is 7.24. The Labute approximate surface area is 150 Å². The zero-order chi connectivity index (χ0) is 18.6. The van der Waals surface area contributed by atoms with Crippen LogP contribution in [-0.4, -0.2) is 36.9 Å². The number of halogens is 2. The molecule has 2 heterocycles. The number of ether oxygens (including phenoxy) is 1. The van der Waals surface area contributed by atoms with Crippen molar-refractivity contribution in [3.8, 4) is 0 Å². The summed E-state index contributed by atoms with van der Waals surface area (Å²) in [6, 6.07) is 1.03. The van der Waals surface area contributed by atoms with Crippen molar-refractivity contribution in [3.63, 3.8) is 0 Å². The summed E-state index contributed by atoms with van der Waals surface area (Å²) in [5, 5.41) is 0.113. The number of aryl methyl sites for hydroxylation is 1. The van der Waals surface area contributed by atoms with Gasteiger partial charge in [-0.3, -0.25) is 4.79 Å². The fourth-order valence-corrected chi connectivity index (χ4v) is 3.90. The lowest BCUT2D eigenvalue weighted by molar-refractivity contribution is 0.108. The predicted molar refractivity (Wildman–Crippen MR) is 96.8 cm³/mol. The van der Waals surface area contributed by atoms with Gasteiger partial charge in [0.15, 0.2) is 11.2 Å². The van der Waals surface area contributed by atoms with Crippen molar-refractivity contribution in [1.29, 1.82) is 0 Å². The zero-order valence-corrected chi connectivity index (χ0v) is 15.0. The summed E-state index contributed by atoms with van der Waals surface area (Å²) in [4.78, 5) is 14.2. The van der Waals surface area contributed by atoms with Crippen molar-refractivity contribution in [3.05, 3.63) is 39.7 Å². The Bertz CT molecular complexity index is 923. The maximum Gasteiger partial charge on any atom is 0.192 e. The third-order valence-electron chi connectivity index (χ3n) is 5.51. The number of nitrogens with two attached hydrogens (primary N) is 1. The first-order chi connectivity index (χ1) is 12.5. The summed E-state index contributed by atoms with van der Waals surface area (Å²) in [5.41, 5.74) is 6.38. The van der Waals surface area contributed by atoms with Gasteiger partial charge in [-0.2, -0.15) is 0 Å². The van der Waals surface area contributed by atoms with E-state index >= 15 is 4.39 Å². The number of pyridine rings is 1. The van der Waals surface area contributed by atoms with Crippen molar-refractivity contribution in [1.82, 2.24) is 4.57 Å². The largest absolute Gasteiger partial charge is 0.378 e. The van der Waals surface area contributed by atoms with E-state index in [1.165, 1.54) is 13.2 Å². The zero-order valence-electron chi connectivity index (χ0n) is 15.0. The van der Waals surface area contributed by atoms with Gasteiger partial charge in [-0.05, 0) is 25.3 Å². The maximum atomic E-state index is 15.5. The second-order valence-corrected chi connectivity index (χ2v) is 7.24. The predicted octanol–water partition coefficient (Wildman–Crippen LogP) is 2.34. The summed E-state index contributed by atoms with van der Waals surface area (Å²) >= 11 is 0. The minimum Gasteiger partial charge on any atom is -0.378 e. The molecule has 0 amide bonds. The topological polar surface area (TPSA) is 60.5 Å². The third-order valence-corrected chi connectivity index (χ3v) is 5.51. The van der Waals surface area contributed by atoms with Crippen LogP contribution in [0, 0.1) is 11.6 Å². The average molecular weight is 363 g/mol. The molecule has 140 valence electrons. The van der Waals surface area contributed by atoms with Gasteiger partial charge in [0.25, 0.3) is 0 Å². The number of methoxy groups -OCH3 is 1. The van der Waals surface area contributed by atoms with Crippen LogP contribution in [0.1, 0.15) is 31.4 Å². The quantitative estimate of drug-likeness (QED) is 0.906. The Morgan fingerprint density at radius 2 is 2.04 bits per heavy atom. The Balaban J connectivity index is 1.94. The molecule has 5 nitrogen and oxygen atoms in total. The molecule has 2 N–H and O–H groups in total. The summed E-state index contributed by atoms with van der Waals surface area (Å²) in [6.45, 7) is 2.49. The maximum absolute atomic E-state index is 15.5. The molecule has 0 unspecified atom stereocenters. The van der Waals surface area contributed by atoms with E-state index in [2.05, 4.69) is 0 Å². The molecular weight excluding hydrogens is 340 g/mol. The van der Waals surface area contributed by atoms with Gasteiger partial charge >= 0.3 is 0 Å². The lowest BCUT2D eigenvalue weighted by Crippen LogP contribution is -2.34. The number of benzene rings is 1. The summed E-state index contributed by atoms with van der Waals surface area (Å²) in [6.07, 6.45) is 3.86. The van der Waals surface area contributed by atoms with E-state index in [1.54, 1.807) is 11.1 Å². The van der Waals surface area contributed by atoms with E-state index in [1.807, 2.05) is 11.5 Å². The number of rotatable bonds is 4. The van der Waals surface area contributed by atoms with Gasteiger partial charge in [-0.25, -0.2) is 8.78 Å². The normalized spacial score (nSPS) is 23.2. The number of anilines is 1. The first kappa shape index (κ1) is 17.4. The molecule has 0 spiro atoms. The van der Waals surface area contributed by atoms with Crippen LogP contribution in [-0.2, 0) is 11.2 Å². The van der Waals surface area contributed by atoms with Crippen LogP contribution >= 0.6 is 0 Å². The van der Waals surface area contributed by atoms with Gasteiger partial charge in [0, 0.05) is 38.0 Å². The van der Waals surface area contributed by atoms with E-state index in [0.717, 1.165) is 12.8 Å². The molecule has 1 aromatic carbocycles. The number of aromatic nitrogens is 1. The number of fused-ring (bicyclic) bond motifs is 1. The van der Waals surface area contributed by atoms with Gasteiger partial charge in [-0.1, -0.05) is 6.92 Å². The first-order valence-corrected chi connectivity index (χ1v) is 9.05. The lowest BCUT2D eigenvalue weighted by Gasteiger charge is -2.22. The molecule has 1 aliphatic carbocycles. The molecule has 1 saturated carbocycles. The van der Waals surface area contributed by atoms with E-state index in [-0.39, 0.29) is 40.2 Å². The molecule has 2 fully saturated rings. The van der Waals surface area contributed by atoms with Crippen molar-refractivity contribution in [2.24, 2.45) is 5.73 Å². The molecule has 4 rings (SSSR count). The molecule has 7 heteroatoms. The highest BCUT2D eigenvalue weighted by molar-refractivity contribution is 5.85. The van der Waals surface area contributed by atoms with Crippen molar-refractivity contribution in [2.75, 3.05) is 25.1 Å². The standard InChI is InChI=1S/C19H23F2N3O2/c1-3-10-7-24(11-4-5-11)17-12(19(10)25)6-13(20)18(16(17)21)23-8-14(22)15(9-23)26-2/h6-7,11,14-15H,3-5,8-9,22H2,1-2H3/t14-,15+/m1/s1. The van der Waals surface area contributed by atoms with Crippen LogP contribution in [0.25, 0.3) is 10.9 Å². The van der Waals surface area contributed by atoms with Gasteiger partial charge in [-0.15, -0.1) is 0 Å². The molecule has 0 bridgehead atoms. The molecule has 2 aliphatic rings.